The summed E-state index contributed by atoms with van der Waals surface area (Å²) in [6.07, 6.45) is 0. The number of carbonyl (C=O) groups is 1. The van der Waals surface area contributed by atoms with Crippen LogP contribution in [0.15, 0.2) is 24.3 Å². The Hall–Kier alpha value is -1.89. The fourth-order valence-corrected chi connectivity index (χ4v) is 1.02. The summed E-state index contributed by atoms with van der Waals surface area (Å²) in [4.78, 5) is 14.2. The maximum absolute atomic E-state index is 12.5. The Morgan fingerprint density at radius 1 is 1.50 bits per heavy atom. The van der Waals surface area contributed by atoms with Crippen LogP contribution in [-0.2, 0) is 9.53 Å². The summed E-state index contributed by atoms with van der Waals surface area (Å²) in [6, 6.07) is 4.21. The van der Waals surface area contributed by atoms with Gasteiger partial charge in [-0.05, 0) is 24.3 Å². The monoisotopic (exact) mass is 193 g/mol. The average molecular weight is 193 g/mol. The highest BCUT2D eigenvalue weighted by Crippen LogP contribution is 2.18. The third-order valence-electron chi connectivity index (χ3n) is 1.74. The topological polar surface area (TPSA) is 30.7 Å². The standard InChI is InChI=1S/C10H8FNO2/c1-12-9(10(13)14-2)7-3-5-8(11)6-4-7/h3-6,9H,2H3/t9-/m0/s1. The quantitative estimate of drug-likeness (QED) is 0.531. The molecule has 0 amide bonds. The zero-order valence-electron chi connectivity index (χ0n) is 7.53. The van der Waals surface area contributed by atoms with Crippen molar-refractivity contribution in [1.29, 1.82) is 0 Å². The third kappa shape index (κ3) is 2.07. The van der Waals surface area contributed by atoms with Crippen LogP contribution in [0.5, 0.6) is 0 Å². The van der Waals surface area contributed by atoms with Crippen LogP contribution in [0.1, 0.15) is 11.6 Å². The van der Waals surface area contributed by atoms with Gasteiger partial charge in [0.15, 0.2) is 0 Å². The summed E-state index contributed by atoms with van der Waals surface area (Å²) < 4.78 is 17.0. The van der Waals surface area contributed by atoms with E-state index in [4.69, 9.17) is 6.57 Å². The lowest BCUT2D eigenvalue weighted by Gasteiger charge is -2.02. The number of nitrogens with zero attached hydrogens (tertiary/aromatic N) is 1. The number of halogens is 1. The van der Waals surface area contributed by atoms with Crippen molar-refractivity contribution in [3.63, 3.8) is 0 Å². The number of methoxy groups -OCH3 is 1. The van der Waals surface area contributed by atoms with E-state index in [9.17, 15) is 9.18 Å². The minimum atomic E-state index is -0.999. The Bertz CT molecular complexity index is 367. The van der Waals surface area contributed by atoms with Crippen molar-refractivity contribution >= 4 is 5.97 Å². The van der Waals surface area contributed by atoms with E-state index < -0.39 is 17.8 Å². The number of ether oxygens (including phenoxy) is 1. The number of carbonyl (C=O) groups excluding carboxylic acids is 1. The van der Waals surface area contributed by atoms with Crippen LogP contribution in [0.3, 0.4) is 0 Å². The summed E-state index contributed by atoms with van der Waals surface area (Å²) in [5, 5.41) is 0. The first-order valence-electron chi connectivity index (χ1n) is 3.89. The van der Waals surface area contributed by atoms with Gasteiger partial charge in [0.1, 0.15) is 5.82 Å². The smallest absolute Gasteiger partial charge is 0.395 e. The number of benzene rings is 1. The summed E-state index contributed by atoms with van der Waals surface area (Å²) in [6.45, 7) is 6.82. The molecular weight excluding hydrogens is 185 g/mol. The lowest BCUT2D eigenvalue weighted by Crippen LogP contribution is -2.10. The van der Waals surface area contributed by atoms with Gasteiger partial charge in [-0.15, -0.1) is 0 Å². The Morgan fingerprint density at radius 2 is 2.07 bits per heavy atom. The van der Waals surface area contributed by atoms with E-state index >= 15 is 0 Å². The molecule has 0 aromatic heterocycles. The van der Waals surface area contributed by atoms with Crippen LogP contribution >= 0.6 is 0 Å². The van der Waals surface area contributed by atoms with Crippen molar-refractivity contribution in [2.75, 3.05) is 7.11 Å². The highest BCUT2D eigenvalue weighted by Gasteiger charge is 2.26. The normalized spacial score (nSPS) is 11.5. The molecule has 0 aliphatic carbocycles. The van der Waals surface area contributed by atoms with E-state index in [1.54, 1.807) is 0 Å². The van der Waals surface area contributed by atoms with Crippen LogP contribution in [0, 0.1) is 12.4 Å². The molecule has 0 unspecified atom stereocenters. The molecule has 0 radical (unpaired) electrons. The van der Waals surface area contributed by atoms with Crippen molar-refractivity contribution in [2.24, 2.45) is 0 Å². The van der Waals surface area contributed by atoms with Gasteiger partial charge in [0.05, 0.1) is 7.11 Å². The average Bonchev–Trinajstić information content (AvgIpc) is 2.21. The first kappa shape index (κ1) is 10.2. The zero-order valence-corrected chi connectivity index (χ0v) is 7.53. The molecule has 14 heavy (non-hydrogen) atoms. The van der Waals surface area contributed by atoms with Gasteiger partial charge in [-0.3, -0.25) is 4.85 Å². The summed E-state index contributed by atoms with van der Waals surface area (Å²) >= 11 is 0. The van der Waals surface area contributed by atoms with E-state index in [0.29, 0.717) is 5.56 Å². The third-order valence-corrected chi connectivity index (χ3v) is 1.74. The summed E-state index contributed by atoms with van der Waals surface area (Å²) in [5.74, 6) is -1.03. The first-order chi connectivity index (χ1) is 6.69. The van der Waals surface area contributed by atoms with Gasteiger partial charge in [-0.1, -0.05) is 0 Å². The van der Waals surface area contributed by atoms with E-state index in [1.807, 2.05) is 0 Å². The SMILES string of the molecule is [C-]#[N+][C@H](C(=O)OC)c1ccc(F)cc1. The molecule has 1 aromatic carbocycles. The molecule has 4 heteroatoms. The van der Waals surface area contributed by atoms with Gasteiger partial charge >= 0.3 is 12.0 Å². The Kier molecular flexibility index (Phi) is 3.19. The predicted octanol–water partition coefficient (Wildman–Crippen LogP) is 1.96. The minimum absolute atomic E-state index is 0.401. The molecule has 0 heterocycles. The molecule has 1 rings (SSSR count). The lowest BCUT2D eigenvalue weighted by molar-refractivity contribution is -0.141. The summed E-state index contributed by atoms with van der Waals surface area (Å²) in [7, 11) is 1.21. The van der Waals surface area contributed by atoms with Crippen LogP contribution in [-0.4, -0.2) is 13.1 Å². The minimum Gasteiger partial charge on any atom is -0.463 e. The molecule has 1 aromatic rings. The van der Waals surface area contributed by atoms with E-state index in [-0.39, 0.29) is 0 Å². The number of esters is 1. The van der Waals surface area contributed by atoms with Crippen LogP contribution in [0.25, 0.3) is 4.85 Å². The molecule has 0 spiro atoms. The van der Waals surface area contributed by atoms with Crippen molar-refractivity contribution in [1.82, 2.24) is 0 Å². The second-order valence-electron chi connectivity index (χ2n) is 2.61. The van der Waals surface area contributed by atoms with Crippen molar-refractivity contribution in [3.05, 3.63) is 47.1 Å². The van der Waals surface area contributed by atoms with E-state index in [2.05, 4.69) is 9.58 Å². The number of rotatable bonds is 2. The number of hydrogen-bond donors (Lipinski definition) is 0. The molecule has 0 aliphatic heterocycles. The van der Waals surface area contributed by atoms with Crippen LogP contribution in [0.2, 0.25) is 0 Å². The highest BCUT2D eigenvalue weighted by molar-refractivity contribution is 5.79. The second-order valence-corrected chi connectivity index (χ2v) is 2.61. The first-order valence-corrected chi connectivity index (χ1v) is 3.89. The second kappa shape index (κ2) is 4.38. The molecule has 0 saturated heterocycles. The van der Waals surface area contributed by atoms with Crippen molar-refractivity contribution in [3.8, 4) is 0 Å². The van der Waals surface area contributed by atoms with E-state index in [1.165, 1.54) is 31.4 Å². The fraction of sp³-hybridized carbons (Fsp3) is 0.200. The van der Waals surface area contributed by atoms with Gasteiger partial charge in [-0.25, -0.2) is 15.8 Å². The van der Waals surface area contributed by atoms with Crippen LogP contribution in [0.4, 0.5) is 4.39 Å². The van der Waals surface area contributed by atoms with Gasteiger partial charge in [0, 0.05) is 5.56 Å². The largest absolute Gasteiger partial charge is 0.463 e. The van der Waals surface area contributed by atoms with E-state index in [0.717, 1.165) is 0 Å². The van der Waals surface area contributed by atoms with Crippen molar-refractivity contribution < 1.29 is 13.9 Å². The Labute approximate surface area is 80.9 Å². The van der Waals surface area contributed by atoms with Gasteiger partial charge in [-0.2, -0.15) is 0 Å². The maximum Gasteiger partial charge on any atom is 0.395 e. The van der Waals surface area contributed by atoms with Gasteiger partial charge in [0.25, 0.3) is 0 Å². The molecular formula is C10H8FNO2. The Balaban J connectivity index is 2.97. The molecule has 3 nitrogen and oxygen atoms in total. The molecule has 0 saturated carbocycles. The molecule has 0 bridgehead atoms. The lowest BCUT2D eigenvalue weighted by atomic mass is 10.1. The molecule has 0 aliphatic rings. The summed E-state index contributed by atoms with van der Waals surface area (Å²) in [5.41, 5.74) is 0.438. The Morgan fingerprint density at radius 3 is 2.50 bits per heavy atom. The fourth-order valence-electron chi connectivity index (χ4n) is 1.02. The molecule has 0 N–H and O–H groups in total. The van der Waals surface area contributed by atoms with Gasteiger partial charge in [0.2, 0.25) is 0 Å². The van der Waals surface area contributed by atoms with Gasteiger partial charge < -0.3 is 4.74 Å². The highest BCUT2D eigenvalue weighted by atomic mass is 19.1. The number of hydrogen-bond acceptors (Lipinski definition) is 2. The molecule has 0 fully saturated rings. The zero-order chi connectivity index (χ0) is 10.6. The molecule has 72 valence electrons. The van der Waals surface area contributed by atoms with Crippen LogP contribution < -0.4 is 0 Å². The van der Waals surface area contributed by atoms with Crippen molar-refractivity contribution in [2.45, 2.75) is 6.04 Å². The maximum atomic E-state index is 12.5. The predicted molar refractivity (Wildman–Crippen MR) is 47.8 cm³/mol. The molecule has 1 atom stereocenters.